The van der Waals surface area contributed by atoms with Gasteiger partial charge in [0.15, 0.2) is 0 Å². The topological polar surface area (TPSA) is 43.1 Å². The van der Waals surface area contributed by atoms with E-state index in [-0.39, 0.29) is 5.56 Å². The van der Waals surface area contributed by atoms with Crippen molar-refractivity contribution in [3.05, 3.63) is 35.4 Å². The van der Waals surface area contributed by atoms with Gasteiger partial charge in [-0.3, -0.25) is 4.79 Å². The molecule has 1 aromatic rings. The summed E-state index contributed by atoms with van der Waals surface area (Å²) >= 11 is 0. The van der Waals surface area contributed by atoms with Crippen molar-refractivity contribution < 1.29 is 13.6 Å². The third-order valence-corrected chi connectivity index (χ3v) is 1.41. The van der Waals surface area contributed by atoms with Gasteiger partial charge in [-0.25, -0.2) is 8.78 Å². The average molecular weight is 171 g/mol. The molecule has 2 N–H and O–H groups in total. The van der Waals surface area contributed by atoms with Crippen LogP contribution in [-0.4, -0.2) is 5.91 Å². The lowest BCUT2D eigenvalue weighted by Crippen LogP contribution is -2.15. The number of rotatable bonds is 2. The van der Waals surface area contributed by atoms with Crippen LogP contribution in [0.25, 0.3) is 0 Å². The summed E-state index contributed by atoms with van der Waals surface area (Å²) in [6.45, 7) is 0. The standard InChI is InChI=1S/C8H7F2NO/c9-6-2-1-3-7(10)5(6)4-8(11)12/h1-3H,4H2,(H2,11,12). The largest absolute Gasteiger partial charge is 0.369 e. The number of hydrogen-bond donors (Lipinski definition) is 1. The van der Waals surface area contributed by atoms with Crippen LogP contribution in [0.4, 0.5) is 8.78 Å². The van der Waals surface area contributed by atoms with Gasteiger partial charge < -0.3 is 5.73 Å². The normalized spacial score (nSPS) is 9.83. The summed E-state index contributed by atoms with van der Waals surface area (Å²) in [5.41, 5.74) is 4.52. The Balaban J connectivity index is 3.04. The summed E-state index contributed by atoms with van der Waals surface area (Å²) in [7, 11) is 0. The second-order valence-electron chi connectivity index (χ2n) is 2.34. The molecule has 1 amide bonds. The number of carbonyl (C=O) groups is 1. The number of halogens is 2. The lowest BCUT2D eigenvalue weighted by Gasteiger charge is -2.00. The Morgan fingerprint density at radius 1 is 1.33 bits per heavy atom. The molecule has 0 radical (unpaired) electrons. The van der Waals surface area contributed by atoms with Gasteiger partial charge in [-0.1, -0.05) is 6.07 Å². The van der Waals surface area contributed by atoms with Crippen molar-refractivity contribution in [2.75, 3.05) is 0 Å². The molecule has 2 nitrogen and oxygen atoms in total. The van der Waals surface area contributed by atoms with Crippen molar-refractivity contribution >= 4 is 5.91 Å². The molecule has 0 fully saturated rings. The fourth-order valence-electron chi connectivity index (χ4n) is 0.875. The maximum Gasteiger partial charge on any atom is 0.222 e. The van der Waals surface area contributed by atoms with Crippen LogP contribution in [0, 0.1) is 11.6 Å². The van der Waals surface area contributed by atoms with Crippen LogP contribution in [0.15, 0.2) is 18.2 Å². The summed E-state index contributed by atoms with van der Waals surface area (Å²) in [5.74, 6) is -2.23. The SMILES string of the molecule is NC(=O)Cc1c(F)cccc1F. The van der Waals surface area contributed by atoms with Gasteiger partial charge in [0.25, 0.3) is 0 Å². The Kier molecular flexibility index (Phi) is 2.38. The lowest BCUT2D eigenvalue weighted by atomic mass is 10.1. The van der Waals surface area contributed by atoms with Gasteiger partial charge in [-0.05, 0) is 12.1 Å². The highest BCUT2D eigenvalue weighted by molar-refractivity contribution is 5.76. The molecule has 12 heavy (non-hydrogen) atoms. The average Bonchev–Trinajstić information content (AvgIpc) is 1.97. The first kappa shape index (κ1) is 8.64. The maximum absolute atomic E-state index is 12.8. The molecule has 0 saturated heterocycles. The van der Waals surface area contributed by atoms with Crippen LogP contribution >= 0.6 is 0 Å². The third kappa shape index (κ3) is 1.78. The smallest absolute Gasteiger partial charge is 0.222 e. The molecule has 1 aromatic carbocycles. The van der Waals surface area contributed by atoms with E-state index >= 15 is 0 Å². The molecule has 0 aliphatic carbocycles. The predicted molar refractivity (Wildman–Crippen MR) is 39.3 cm³/mol. The van der Waals surface area contributed by atoms with E-state index in [2.05, 4.69) is 0 Å². The van der Waals surface area contributed by atoms with E-state index in [1.54, 1.807) is 0 Å². The molecule has 1 rings (SSSR count). The van der Waals surface area contributed by atoms with Gasteiger partial charge in [0.1, 0.15) is 11.6 Å². The fraction of sp³-hybridized carbons (Fsp3) is 0.125. The van der Waals surface area contributed by atoms with Gasteiger partial charge >= 0.3 is 0 Å². The Morgan fingerprint density at radius 2 is 1.83 bits per heavy atom. The molecule has 0 bridgehead atoms. The predicted octanol–water partition coefficient (Wildman–Crippen LogP) is 0.993. The fourth-order valence-corrected chi connectivity index (χ4v) is 0.875. The molecule has 64 valence electrons. The van der Waals surface area contributed by atoms with E-state index < -0.39 is 24.0 Å². The summed E-state index contributed by atoms with van der Waals surface area (Å²) in [6.07, 6.45) is -0.404. The van der Waals surface area contributed by atoms with Crippen LogP contribution in [0.3, 0.4) is 0 Å². The molecule has 0 aromatic heterocycles. The quantitative estimate of drug-likeness (QED) is 0.708. The monoisotopic (exact) mass is 171 g/mol. The van der Waals surface area contributed by atoms with E-state index in [0.29, 0.717) is 0 Å². The summed E-state index contributed by atoms with van der Waals surface area (Å²) in [5, 5.41) is 0. The van der Waals surface area contributed by atoms with Crippen LogP contribution in [0.1, 0.15) is 5.56 Å². The van der Waals surface area contributed by atoms with Crippen molar-refractivity contribution in [3.63, 3.8) is 0 Å². The molecule has 0 saturated carbocycles. The summed E-state index contributed by atoms with van der Waals surface area (Å²) in [4.78, 5) is 10.4. The molecule has 0 atom stereocenters. The van der Waals surface area contributed by atoms with Crippen molar-refractivity contribution in [1.82, 2.24) is 0 Å². The van der Waals surface area contributed by atoms with E-state index in [4.69, 9.17) is 5.73 Å². The summed E-state index contributed by atoms with van der Waals surface area (Å²) < 4.78 is 25.5. The first-order chi connectivity index (χ1) is 5.61. The summed E-state index contributed by atoms with van der Waals surface area (Å²) in [6, 6.07) is 3.40. The molecule has 0 unspecified atom stereocenters. The highest BCUT2D eigenvalue weighted by Gasteiger charge is 2.09. The number of benzene rings is 1. The molecular weight excluding hydrogens is 164 g/mol. The zero-order valence-electron chi connectivity index (χ0n) is 6.18. The van der Waals surface area contributed by atoms with E-state index in [1.807, 2.05) is 0 Å². The molecule has 0 spiro atoms. The lowest BCUT2D eigenvalue weighted by molar-refractivity contribution is -0.117. The van der Waals surface area contributed by atoms with E-state index in [9.17, 15) is 13.6 Å². The minimum absolute atomic E-state index is 0.273. The molecule has 0 aliphatic rings. The zero-order valence-corrected chi connectivity index (χ0v) is 6.18. The second kappa shape index (κ2) is 3.30. The van der Waals surface area contributed by atoms with Crippen molar-refractivity contribution in [3.8, 4) is 0 Å². The van der Waals surface area contributed by atoms with Crippen LogP contribution in [-0.2, 0) is 11.2 Å². The van der Waals surface area contributed by atoms with Gasteiger partial charge in [0, 0.05) is 5.56 Å². The highest BCUT2D eigenvalue weighted by atomic mass is 19.1. The molecular formula is C8H7F2NO. The Bertz CT molecular complexity index is 292. The number of nitrogens with two attached hydrogens (primary N) is 1. The van der Waals surface area contributed by atoms with Gasteiger partial charge in [-0.15, -0.1) is 0 Å². The second-order valence-corrected chi connectivity index (χ2v) is 2.34. The zero-order chi connectivity index (χ0) is 9.14. The Labute approximate surface area is 68.0 Å². The van der Waals surface area contributed by atoms with Crippen LogP contribution in [0.2, 0.25) is 0 Å². The molecule has 0 aliphatic heterocycles. The van der Waals surface area contributed by atoms with E-state index in [1.165, 1.54) is 6.07 Å². The van der Waals surface area contributed by atoms with E-state index in [0.717, 1.165) is 12.1 Å². The van der Waals surface area contributed by atoms with Crippen molar-refractivity contribution in [2.24, 2.45) is 5.73 Å². The number of amides is 1. The van der Waals surface area contributed by atoms with Gasteiger partial charge in [0.05, 0.1) is 6.42 Å². The third-order valence-electron chi connectivity index (χ3n) is 1.41. The maximum atomic E-state index is 12.8. The first-order valence-electron chi connectivity index (χ1n) is 3.32. The van der Waals surface area contributed by atoms with Crippen LogP contribution < -0.4 is 5.73 Å². The Hall–Kier alpha value is -1.45. The first-order valence-corrected chi connectivity index (χ1v) is 3.32. The highest BCUT2D eigenvalue weighted by Crippen LogP contribution is 2.11. The molecule has 4 heteroatoms. The van der Waals surface area contributed by atoms with Crippen molar-refractivity contribution in [2.45, 2.75) is 6.42 Å². The molecule has 0 heterocycles. The number of primary amides is 1. The van der Waals surface area contributed by atoms with Crippen molar-refractivity contribution in [1.29, 1.82) is 0 Å². The van der Waals surface area contributed by atoms with Gasteiger partial charge in [-0.2, -0.15) is 0 Å². The van der Waals surface area contributed by atoms with Crippen LogP contribution in [0.5, 0.6) is 0 Å². The van der Waals surface area contributed by atoms with Gasteiger partial charge in [0.2, 0.25) is 5.91 Å². The minimum atomic E-state index is -0.751. The number of hydrogen-bond acceptors (Lipinski definition) is 1. The minimum Gasteiger partial charge on any atom is -0.369 e. The Morgan fingerprint density at radius 3 is 2.25 bits per heavy atom. The number of carbonyl (C=O) groups excluding carboxylic acids is 1.